The highest BCUT2D eigenvalue weighted by atomic mass is 16.3. The Kier molecular flexibility index (Phi) is 3.66. The quantitative estimate of drug-likeness (QED) is 0.850. The molecule has 1 fully saturated rings. The molecule has 0 aromatic heterocycles. The van der Waals surface area contributed by atoms with Crippen LogP contribution in [0.3, 0.4) is 0 Å². The predicted molar refractivity (Wildman–Crippen MR) is 87.4 cm³/mol. The Balaban J connectivity index is 2.07. The van der Waals surface area contributed by atoms with Crippen molar-refractivity contribution >= 4 is 0 Å². The summed E-state index contributed by atoms with van der Waals surface area (Å²) >= 11 is 0. The van der Waals surface area contributed by atoms with Crippen molar-refractivity contribution < 1.29 is 5.11 Å². The Morgan fingerprint density at radius 3 is 2.43 bits per heavy atom. The van der Waals surface area contributed by atoms with Crippen LogP contribution >= 0.6 is 0 Å². The van der Waals surface area contributed by atoms with E-state index in [2.05, 4.69) is 57.0 Å². The molecule has 2 atom stereocenters. The third-order valence-corrected chi connectivity index (χ3v) is 6.06. The van der Waals surface area contributed by atoms with E-state index in [1.165, 1.54) is 11.1 Å². The molecule has 2 unspecified atom stereocenters. The van der Waals surface area contributed by atoms with Gasteiger partial charge in [-0.05, 0) is 67.8 Å². The van der Waals surface area contributed by atoms with Gasteiger partial charge in [0.05, 0.1) is 5.60 Å². The number of piperidine rings is 1. The van der Waals surface area contributed by atoms with E-state index in [4.69, 9.17) is 0 Å². The maximum Gasteiger partial charge on any atom is 0.0979 e. The molecule has 116 valence electrons. The summed E-state index contributed by atoms with van der Waals surface area (Å²) < 4.78 is 0. The number of hydrogen-bond donors (Lipinski definition) is 1. The van der Waals surface area contributed by atoms with Crippen molar-refractivity contribution in [2.24, 2.45) is 11.3 Å². The van der Waals surface area contributed by atoms with Gasteiger partial charge in [-0.3, -0.25) is 0 Å². The number of nitrogens with zero attached hydrogens (tertiary/aromatic N) is 1. The van der Waals surface area contributed by atoms with E-state index in [1.807, 2.05) is 0 Å². The van der Waals surface area contributed by atoms with Crippen LogP contribution in [0, 0.1) is 11.3 Å². The largest absolute Gasteiger partial charge is 0.384 e. The number of benzene rings is 1. The fraction of sp³-hybridized carbons (Fsp3) is 0.684. The van der Waals surface area contributed by atoms with E-state index in [9.17, 15) is 5.11 Å². The summed E-state index contributed by atoms with van der Waals surface area (Å²) in [6, 6.07) is 8.59. The van der Waals surface area contributed by atoms with E-state index in [0.29, 0.717) is 11.8 Å². The second kappa shape index (κ2) is 5.10. The van der Waals surface area contributed by atoms with Crippen molar-refractivity contribution in [3.63, 3.8) is 0 Å². The minimum absolute atomic E-state index is 0.0681. The second-order valence-electron chi connectivity index (χ2n) is 7.92. The smallest absolute Gasteiger partial charge is 0.0979 e. The zero-order valence-corrected chi connectivity index (χ0v) is 13.9. The van der Waals surface area contributed by atoms with E-state index >= 15 is 0 Å². The second-order valence-corrected chi connectivity index (χ2v) is 7.92. The molecule has 1 aliphatic carbocycles. The van der Waals surface area contributed by atoms with E-state index in [-0.39, 0.29) is 5.41 Å². The molecule has 1 saturated heterocycles. The molecular weight excluding hydrogens is 258 g/mol. The minimum Gasteiger partial charge on any atom is -0.384 e. The lowest BCUT2D eigenvalue weighted by molar-refractivity contribution is -0.145. The Morgan fingerprint density at radius 2 is 1.76 bits per heavy atom. The molecule has 21 heavy (non-hydrogen) atoms. The first-order chi connectivity index (χ1) is 9.86. The maximum atomic E-state index is 11.9. The molecule has 0 spiro atoms. The van der Waals surface area contributed by atoms with Crippen LogP contribution in [0.4, 0.5) is 0 Å². The summed E-state index contributed by atoms with van der Waals surface area (Å²) in [5.41, 5.74) is 1.81. The van der Waals surface area contributed by atoms with Gasteiger partial charge in [-0.2, -0.15) is 0 Å². The van der Waals surface area contributed by atoms with Crippen molar-refractivity contribution in [2.45, 2.75) is 51.6 Å². The third-order valence-electron chi connectivity index (χ3n) is 6.06. The first-order valence-electron chi connectivity index (χ1n) is 8.36. The van der Waals surface area contributed by atoms with Crippen molar-refractivity contribution in [1.82, 2.24) is 4.90 Å². The molecule has 0 saturated carbocycles. The van der Waals surface area contributed by atoms with E-state index in [1.54, 1.807) is 0 Å². The lowest BCUT2D eigenvalue weighted by Crippen LogP contribution is -2.54. The monoisotopic (exact) mass is 287 g/mol. The van der Waals surface area contributed by atoms with Crippen molar-refractivity contribution in [3.8, 4) is 0 Å². The number of likely N-dealkylation sites (tertiary alicyclic amines) is 1. The van der Waals surface area contributed by atoms with Crippen LogP contribution in [0.5, 0.6) is 0 Å². The molecule has 1 aliphatic heterocycles. The van der Waals surface area contributed by atoms with Gasteiger partial charge >= 0.3 is 0 Å². The molecule has 0 bridgehead atoms. The van der Waals surface area contributed by atoms with Gasteiger partial charge in [-0.15, -0.1) is 0 Å². The highest BCUT2D eigenvalue weighted by Crippen LogP contribution is 2.57. The maximum absolute atomic E-state index is 11.9. The Morgan fingerprint density at radius 1 is 1.14 bits per heavy atom. The van der Waals surface area contributed by atoms with Crippen LogP contribution in [0.15, 0.2) is 24.3 Å². The van der Waals surface area contributed by atoms with Crippen molar-refractivity contribution in [3.05, 3.63) is 35.4 Å². The summed E-state index contributed by atoms with van der Waals surface area (Å²) in [6.07, 6.45) is 3.26. The average molecular weight is 287 g/mol. The summed E-state index contributed by atoms with van der Waals surface area (Å²) in [6.45, 7) is 9.02. The molecule has 3 rings (SSSR count). The lowest BCUT2D eigenvalue weighted by atomic mass is 9.54. The average Bonchev–Trinajstić information content (AvgIpc) is 2.45. The number of fused-ring (bicyclic) bond motifs is 1. The summed E-state index contributed by atoms with van der Waals surface area (Å²) in [5, 5.41) is 11.9. The lowest BCUT2D eigenvalue weighted by Gasteiger charge is -2.55. The molecule has 1 aromatic rings. The standard InChI is InChI=1S/C19H29NO/c1-14-13-18(2,3)19(21,15-9-11-20(4)12-10-15)17-8-6-5-7-16(14)17/h5-8,14-15,21H,9-13H2,1-4H3. The fourth-order valence-corrected chi connectivity index (χ4v) is 4.87. The summed E-state index contributed by atoms with van der Waals surface area (Å²) in [5.74, 6) is 0.903. The minimum atomic E-state index is -0.683. The third kappa shape index (κ3) is 2.24. The van der Waals surface area contributed by atoms with Crippen LogP contribution in [-0.2, 0) is 5.60 Å². The van der Waals surface area contributed by atoms with Gasteiger partial charge in [0.1, 0.15) is 0 Å². The molecule has 1 aromatic carbocycles. The Bertz CT molecular complexity index is 516. The Hall–Kier alpha value is -0.860. The SMILES string of the molecule is CC1CC(C)(C)C(O)(C2CCN(C)CC2)c2ccccc21. The fourth-order valence-electron chi connectivity index (χ4n) is 4.87. The first kappa shape index (κ1) is 15.1. The topological polar surface area (TPSA) is 23.5 Å². The first-order valence-corrected chi connectivity index (χ1v) is 8.36. The predicted octanol–water partition coefficient (Wildman–Crippen LogP) is 3.75. The van der Waals surface area contributed by atoms with Gasteiger partial charge in [-0.25, -0.2) is 0 Å². The summed E-state index contributed by atoms with van der Waals surface area (Å²) in [7, 11) is 2.18. The van der Waals surface area contributed by atoms with Crippen LogP contribution in [0.2, 0.25) is 0 Å². The molecular formula is C19H29NO. The summed E-state index contributed by atoms with van der Waals surface area (Å²) in [4.78, 5) is 2.38. The number of hydrogen-bond acceptors (Lipinski definition) is 2. The number of rotatable bonds is 1. The van der Waals surface area contributed by atoms with Gasteiger partial charge in [0.15, 0.2) is 0 Å². The van der Waals surface area contributed by atoms with Crippen LogP contribution < -0.4 is 0 Å². The van der Waals surface area contributed by atoms with E-state index in [0.717, 1.165) is 32.4 Å². The normalized spacial score (nSPS) is 33.7. The molecule has 0 radical (unpaired) electrons. The molecule has 2 nitrogen and oxygen atoms in total. The van der Waals surface area contributed by atoms with Gasteiger partial charge in [-0.1, -0.05) is 45.0 Å². The molecule has 2 aliphatic rings. The highest BCUT2D eigenvalue weighted by Gasteiger charge is 2.54. The zero-order valence-electron chi connectivity index (χ0n) is 13.9. The van der Waals surface area contributed by atoms with Gasteiger partial charge in [0.2, 0.25) is 0 Å². The van der Waals surface area contributed by atoms with E-state index < -0.39 is 5.60 Å². The van der Waals surface area contributed by atoms with Crippen molar-refractivity contribution in [1.29, 1.82) is 0 Å². The molecule has 1 heterocycles. The molecule has 0 amide bonds. The van der Waals surface area contributed by atoms with Crippen LogP contribution in [0.1, 0.15) is 57.1 Å². The highest BCUT2D eigenvalue weighted by molar-refractivity contribution is 5.40. The van der Waals surface area contributed by atoms with Gasteiger partial charge in [0, 0.05) is 0 Å². The molecule has 1 N–H and O–H groups in total. The van der Waals surface area contributed by atoms with Crippen LogP contribution in [-0.4, -0.2) is 30.1 Å². The van der Waals surface area contributed by atoms with Crippen LogP contribution in [0.25, 0.3) is 0 Å². The number of aliphatic hydroxyl groups is 1. The molecule has 2 heteroatoms. The zero-order chi connectivity index (χ0) is 15.3. The Labute approximate surface area is 129 Å². The van der Waals surface area contributed by atoms with Crippen molar-refractivity contribution in [2.75, 3.05) is 20.1 Å². The van der Waals surface area contributed by atoms with Gasteiger partial charge in [0.25, 0.3) is 0 Å². The van der Waals surface area contributed by atoms with Gasteiger partial charge < -0.3 is 10.0 Å².